The summed E-state index contributed by atoms with van der Waals surface area (Å²) >= 11 is 0. The Morgan fingerprint density at radius 1 is 1.00 bits per heavy atom. The number of piperidine rings is 1. The van der Waals surface area contributed by atoms with Crippen molar-refractivity contribution in [3.63, 3.8) is 0 Å². The predicted molar refractivity (Wildman–Crippen MR) is 131 cm³/mol. The molecule has 35 heavy (non-hydrogen) atoms. The highest BCUT2D eigenvalue weighted by atomic mass is 16.5. The molecule has 0 spiro atoms. The highest BCUT2D eigenvalue weighted by Crippen LogP contribution is 2.44. The van der Waals surface area contributed by atoms with Crippen LogP contribution in [0.1, 0.15) is 49.7 Å². The van der Waals surface area contributed by atoms with Crippen LogP contribution in [0.3, 0.4) is 0 Å². The lowest BCUT2D eigenvalue weighted by atomic mass is 9.86. The van der Waals surface area contributed by atoms with E-state index in [1.807, 2.05) is 31.2 Å². The SMILES string of the molecule is CC1CCN(C(=O)[C@@H]2CC[C@H](NC(=O)OCC3c4ccccc4-c4ccccc43)C2)CC1C(=O)O. The first-order chi connectivity index (χ1) is 16.9. The quantitative estimate of drug-likeness (QED) is 0.672. The van der Waals surface area contributed by atoms with Gasteiger partial charge in [0.05, 0.1) is 5.92 Å². The maximum absolute atomic E-state index is 13.0. The summed E-state index contributed by atoms with van der Waals surface area (Å²) < 4.78 is 5.66. The van der Waals surface area contributed by atoms with E-state index in [9.17, 15) is 19.5 Å². The Bertz CT molecular complexity index is 1090. The van der Waals surface area contributed by atoms with Crippen molar-refractivity contribution in [1.29, 1.82) is 0 Å². The molecule has 1 aliphatic heterocycles. The van der Waals surface area contributed by atoms with E-state index >= 15 is 0 Å². The van der Waals surface area contributed by atoms with Crippen molar-refractivity contribution in [2.45, 2.75) is 44.6 Å². The molecule has 184 valence electrons. The Balaban J connectivity index is 1.14. The van der Waals surface area contributed by atoms with Gasteiger partial charge in [-0.25, -0.2) is 4.79 Å². The van der Waals surface area contributed by atoms with Crippen LogP contribution in [0.2, 0.25) is 0 Å². The van der Waals surface area contributed by atoms with Crippen LogP contribution >= 0.6 is 0 Å². The smallest absolute Gasteiger partial charge is 0.407 e. The zero-order chi connectivity index (χ0) is 24.5. The largest absolute Gasteiger partial charge is 0.481 e. The standard InChI is InChI=1S/C28H32N2O5/c1-17-12-13-30(15-24(17)27(32)33)26(31)18-10-11-19(14-18)29-28(34)35-16-25-22-8-4-2-6-20(22)21-7-3-5-9-23(21)25/h2-9,17-19,24-25H,10-16H2,1H3,(H,29,34)(H,32,33)/t17?,18-,19+,24?/m1/s1. The third-order valence-corrected chi connectivity index (χ3v) is 8.03. The molecule has 7 heteroatoms. The molecule has 5 rings (SSSR count). The molecule has 2 amide bonds. The molecular formula is C28H32N2O5. The van der Waals surface area contributed by atoms with E-state index in [4.69, 9.17) is 4.74 Å². The van der Waals surface area contributed by atoms with Crippen molar-refractivity contribution in [3.05, 3.63) is 59.7 Å². The van der Waals surface area contributed by atoms with Gasteiger partial charge in [0.15, 0.2) is 0 Å². The Hall–Kier alpha value is -3.35. The highest BCUT2D eigenvalue weighted by Gasteiger charge is 2.38. The number of alkyl carbamates (subject to hydrolysis) is 1. The zero-order valence-corrected chi connectivity index (χ0v) is 20.0. The minimum Gasteiger partial charge on any atom is -0.481 e. The lowest BCUT2D eigenvalue weighted by molar-refractivity contribution is -0.149. The van der Waals surface area contributed by atoms with E-state index in [1.165, 1.54) is 22.3 Å². The van der Waals surface area contributed by atoms with E-state index in [-0.39, 0.29) is 42.9 Å². The molecule has 0 aromatic heterocycles. The van der Waals surface area contributed by atoms with Gasteiger partial charge in [-0.15, -0.1) is 0 Å². The van der Waals surface area contributed by atoms with Crippen molar-refractivity contribution in [1.82, 2.24) is 10.2 Å². The third kappa shape index (κ3) is 4.64. The number of carboxylic acids is 1. The number of benzene rings is 2. The molecule has 2 aliphatic carbocycles. The molecule has 1 saturated heterocycles. The van der Waals surface area contributed by atoms with Gasteiger partial charge < -0.3 is 20.1 Å². The molecule has 1 saturated carbocycles. The number of aliphatic carboxylic acids is 1. The van der Waals surface area contributed by atoms with E-state index in [0.29, 0.717) is 32.2 Å². The summed E-state index contributed by atoms with van der Waals surface area (Å²) in [5.41, 5.74) is 4.71. The number of rotatable bonds is 5. The second-order valence-corrected chi connectivity index (χ2v) is 10.2. The first-order valence-corrected chi connectivity index (χ1v) is 12.6. The highest BCUT2D eigenvalue weighted by molar-refractivity contribution is 5.81. The van der Waals surface area contributed by atoms with Crippen LogP contribution in [-0.4, -0.2) is 53.7 Å². The predicted octanol–water partition coefficient (Wildman–Crippen LogP) is 4.26. The van der Waals surface area contributed by atoms with Crippen LogP contribution in [0.15, 0.2) is 48.5 Å². The van der Waals surface area contributed by atoms with Gasteiger partial charge in [0, 0.05) is 31.0 Å². The first kappa shape index (κ1) is 23.4. The molecular weight excluding hydrogens is 444 g/mol. The molecule has 2 aromatic carbocycles. The van der Waals surface area contributed by atoms with Crippen LogP contribution in [0.5, 0.6) is 0 Å². The van der Waals surface area contributed by atoms with Crippen molar-refractivity contribution in [2.75, 3.05) is 19.7 Å². The number of carbonyl (C=O) groups is 3. The average Bonchev–Trinajstić information content (AvgIpc) is 3.45. The zero-order valence-electron chi connectivity index (χ0n) is 20.0. The minimum atomic E-state index is -0.837. The number of nitrogens with zero attached hydrogens (tertiary/aromatic N) is 1. The van der Waals surface area contributed by atoms with E-state index in [1.54, 1.807) is 4.90 Å². The van der Waals surface area contributed by atoms with Crippen LogP contribution < -0.4 is 5.32 Å². The van der Waals surface area contributed by atoms with E-state index in [2.05, 4.69) is 29.6 Å². The molecule has 0 bridgehead atoms. The molecule has 2 N–H and O–H groups in total. The lowest BCUT2D eigenvalue weighted by Crippen LogP contribution is -2.47. The Labute approximate surface area is 205 Å². The van der Waals surface area contributed by atoms with Crippen LogP contribution in [0, 0.1) is 17.8 Å². The number of amides is 2. The third-order valence-electron chi connectivity index (χ3n) is 8.03. The van der Waals surface area contributed by atoms with Crippen LogP contribution in [0.25, 0.3) is 11.1 Å². The first-order valence-electron chi connectivity index (χ1n) is 12.6. The normalized spacial score (nSPS) is 25.6. The topological polar surface area (TPSA) is 95.9 Å². The fourth-order valence-electron chi connectivity index (χ4n) is 5.99. The number of fused-ring (bicyclic) bond motifs is 3. The Morgan fingerprint density at radius 2 is 1.66 bits per heavy atom. The Kier molecular flexibility index (Phi) is 6.50. The van der Waals surface area contributed by atoms with Gasteiger partial charge in [0.1, 0.15) is 6.61 Å². The summed E-state index contributed by atoms with van der Waals surface area (Å²) in [6.07, 6.45) is 2.22. The number of carboxylic acid groups (broad SMARTS) is 1. The van der Waals surface area contributed by atoms with Gasteiger partial charge in [-0.1, -0.05) is 55.5 Å². The maximum atomic E-state index is 13.0. The molecule has 1 heterocycles. The summed E-state index contributed by atoms with van der Waals surface area (Å²) in [5, 5.41) is 12.4. The summed E-state index contributed by atoms with van der Waals surface area (Å²) in [5.74, 6) is -1.44. The average molecular weight is 477 g/mol. The van der Waals surface area contributed by atoms with Crippen molar-refractivity contribution < 1.29 is 24.2 Å². The van der Waals surface area contributed by atoms with Crippen molar-refractivity contribution in [2.24, 2.45) is 17.8 Å². The van der Waals surface area contributed by atoms with Gasteiger partial charge in [-0.05, 0) is 53.9 Å². The molecule has 7 nitrogen and oxygen atoms in total. The van der Waals surface area contributed by atoms with Gasteiger partial charge in [0.2, 0.25) is 5.91 Å². The molecule has 2 fully saturated rings. The second-order valence-electron chi connectivity index (χ2n) is 10.2. The number of carbonyl (C=O) groups excluding carboxylic acids is 2. The van der Waals surface area contributed by atoms with Crippen LogP contribution in [0.4, 0.5) is 4.79 Å². The van der Waals surface area contributed by atoms with E-state index < -0.39 is 18.0 Å². The summed E-state index contributed by atoms with van der Waals surface area (Å²) in [6, 6.07) is 16.3. The number of hydrogen-bond acceptors (Lipinski definition) is 4. The van der Waals surface area contributed by atoms with Crippen molar-refractivity contribution >= 4 is 18.0 Å². The van der Waals surface area contributed by atoms with Gasteiger partial charge in [-0.2, -0.15) is 0 Å². The Morgan fingerprint density at radius 3 is 2.31 bits per heavy atom. The second kappa shape index (κ2) is 9.72. The fourth-order valence-corrected chi connectivity index (χ4v) is 5.99. The molecule has 2 unspecified atom stereocenters. The fraction of sp³-hybridized carbons (Fsp3) is 0.464. The van der Waals surface area contributed by atoms with Crippen molar-refractivity contribution in [3.8, 4) is 11.1 Å². The maximum Gasteiger partial charge on any atom is 0.407 e. The van der Waals surface area contributed by atoms with E-state index in [0.717, 1.165) is 0 Å². The van der Waals surface area contributed by atoms with Gasteiger partial charge in [0.25, 0.3) is 0 Å². The molecule has 4 atom stereocenters. The summed E-state index contributed by atoms with van der Waals surface area (Å²) in [7, 11) is 0. The molecule has 2 aromatic rings. The van der Waals surface area contributed by atoms with Crippen LogP contribution in [-0.2, 0) is 14.3 Å². The minimum absolute atomic E-state index is 0.00901. The number of nitrogens with one attached hydrogen (secondary N) is 1. The number of hydrogen-bond donors (Lipinski definition) is 2. The summed E-state index contributed by atoms with van der Waals surface area (Å²) in [4.78, 5) is 38.9. The summed E-state index contributed by atoms with van der Waals surface area (Å²) in [6.45, 7) is 3.07. The molecule has 0 radical (unpaired) electrons. The number of ether oxygens (including phenoxy) is 1. The lowest BCUT2D eigenvalue weighted by Gasteiger charge is -2.36. The van der Waals surface area contributed by atoms with Gasteiger partial charge >= 0.3 is 12.1 Å². The number of likely N-dealkylation sites (tertiary alicyclic amines) is 1. The van der Waals surface area contributed by atoms with Gasteiger partial charge in [-0.3, -0.25) is 9.59 Å². The monoisotopic (exact) mass is 476 g/mol. The molecule has 3 aliphatic rings.